The van der Waals surface area contributed by atoms with Gasteiger partial charge in [0.1, 0.15) is 0 Å². The lowest BCUT2D eigenvalue weighted by molar-refractivity contribution is 0.0234. The molecule has 1 saturated carbocycles. The van der Waals surface area contributed by atoms with Crippen molar-refractivity contribution in [1.82, 2.24) is 15.3 Å². The largest absolute Gasteiger partial charge is 0.481 e. The highest BCUT2D eigenvalue weighted by Gasteiger charge is 2.36. The molecule has 1 amide bonds. The van der Waals surface area contributed by atoms with Gasteiger partial charge in [0.15, 0.2) is 5.78 Å². The summed E-state index contributed by atoms with van der Waals surface area (Å²) in [6.45, 7) is 5.03. The molecule has 7 nitrogen and oxygen atoms in total. The summed E-state index contributed by atoms with van der Waals surface area (Å²) in [5.74, 6) is 0.287. The van der Waals surface area contributed by atoms with Gasteiger partial charge in [-0.15, -0.1) is 0 Å². The lowest BCUT2D eigenvalue weighted by Crippen LogP contribution is -2.41. The number of ether oxygens (including phenoxy) is 1. The van der Waals surface area contributed by atoms with E-state index in [0.717, 1.165) is 5.56 Å². The monoisotopic (exact) mass is 371 g/mol. The van der Waals surface area contributed by atoms with Crippen LogP contribution in [0.2, 0.25) is 0 Å². The molecule has 1 fully saturated rings. The summed E-state index contributed by atoms with van der Waals surface area (Å²) >= 11 is 0. The van der Waals surface area contributed by atoms with E-state index in [1.807, 2.05) is 6.07 Å². The molecule has 2 aromatic rings. The molecule has 27 heavy (non-hydrogen) atoms. The Labute approximate surface area is 158 Å². The molecule has 1 aliphatic rings. The van der Waals surface area contributed by atoms with E-state index >= 15 is 0 Å². The molecule has 0 saturated heterocycles. The van der Waals surface area contributed by atoms with Crippen molar-refractivity contribution in [1.29, 1.82) is 0 Å². The van der Waals surface area contributed by atoms with Crippen LogP contribution in [0.25, 0.3) is 0 Å². The quantitative estimate of drug-likeness (QED) is 0.677. The number of rotatable bonds is 6. The minimum Gasteiger partial charge on any atom is -0.481 e. The lowest BCUT2D eigenvalue weighted by Gasteiger charge is -2.38. The van der Waals surface area contributed by atoms with Gasteiger partial charge in [0.2, 0.25) is 5.88 Å². The van der Waals surface area contributed by atoms with Gasteiger partial charge >= 0.3 is 0 Å². The van der Waals surface area contributed by atoms with E-state index in [2.05, 4.69) is 15.3 Å². The number of amides is 1. The van der Waals surface area contributed by atoms with Crippen molar-refractivity contribution >= 4 is 11.7 Å². The molecule has 0 bridgehead atoms. The van der Waals surface area contributed by atoms with Crippen LogP contribution in [0, 0.1) is 19.8 Å². The van der Waals surface area contributed by atoms with Crippen molar-refractivity contribution in [3.05, 3.63) is 46.4 Å². The van der Waals surface area contributed by atoms with Crippen molar-refractivity contribution in [3.8, 4) is 5.88 Å². The first-order valence-electron chi connectivity index (χ1n) is 9.00. The topological polar surface area (TPSA) is 104 Å². The summed E-state index contributed by atoms with van der Waals surface area (Å²) in [5, 5.41) is 12.8. The molecule has 2 heterocycles. The van der Waals surface area contributed by atoms with E-state index in [1.54, 1.807) is 33.2 Å². The minimum atomic E-state index is -0.333. The van der Waals surface area contributed by atoms with Crippen LogP contribution in [-0.2, 0) is 0 Å². The van der Waals surface area contributed by atoms with Crippen LogP contribution in [0.5, 0.6) is 5.88 Å². The van der Waals surface area contributed by atoms with Crippen molar-refractivity contribution < 1.29 is 19.4 Å². The fraction of sp³-hybridized carbons (Fsp3) is 0.450. The van der Waals surface area contributed by atoms with Gasteiger partial charge in [0.05, 0.1) is 30.5 Å². The van der Waals surface area contributed by atoms with Crippen LogP contribution in [0.15, 0.2) is 18.3 Å². The Balaban J connectivity index is 1.88. The third-order valence-electron chi connectivity index (χ3n) is 5.25. The Kier molecular flexibility index (Phi) is 5.32. The second-order valence-electron chi connectivity index (χ2n) is 7.15. The highest BCUT2D eigenvalue weighted by atomic mass is 16.5. The standard InChI is InChI=1S/C20H25N3O4/c1-10-17(11(2)22-18(10)12(3)24)20(26)23-19(14-7-15(25)8-14)13-5-6-16(27-4)21-9-13/h5-6,9,14-15,19,22,25H,7-8H2,1-4H3,(H,23,26)/t14?,15?,19-/m0/s1. The zero-order valence-corrected chi connectivity index (χ0v) is 16.0. The van der Waals surface area contributed by atoms with Crippen molar-refractivity contribution in [2.45, 2.75) is 45.8 Å². The van der Waals surface area contributed by atoms with E-state index < -0.39 is 0 Å². The second-order valence-corrected chi connectivity index (χ2v) is 7.15. The summed E-state index contributed by atoms with van der Waals surface area (Å²) < 4.78 is 5.10. The number of aliphatic hydroxyl groups excluding tert-OH is 1. The van der Waals surface area contributed by atoms with Crippen molar-refractivity contribution in [3.63, 3.8) is 0 Å². The molecule has 1 aliphatic carbocycles. The zero-order chi connectivity index (χ0) is 19.7. The molecule has 3 rings (SSSR count). The van der Waals surface area contributed by atoms with Gasteiger partial charge in [-0.25, -0.2) is 4.98 Å². The molecule has 2 aromatic heterocycles. The van der Waals surface area contributed by atoms with Crippen molar-refractivity contribution in [2.24, 2.45) is 5.92 Å². The number of nitrogens with zero attached hydrogens (tertiary/aromatic N) is 1. The highest BCUT2D eigenvalue weighted by molar-refractivity contribution is 6.02. The first-order valence-corrected chi connectivity index (χ1v) is 9.00. The maximum absolute atomic E-state index is 13.0. The molecular weight excluding hydrogens is 346 g/mol. The number of pyridine rings is 1. The molecule has 0 radical (unpaired) electrons. The number of Topliss-reactive ketones (excluding diaryl/α,β-unsaturated/α-hetero) is 1. The summed E-state index contributed by atoms with van der Waals surface area (Å²) in [7, 11) is 1.55. The van der Waals surface area contributed by atoms with Crippen molar-refractivity contribution in [2.75, 3.05) is 7.11 Å². The van der Waals surface area contributed by atoms with Gasteiger partial charge in [-0.3, -0.25) is 9.59 Å². The molecule has 0 spiro atoms. The highest BCUT2D eigenvalue weighted by Crippen LogP contribution is 2.38. The number of hydrogen-bond donors (Lipinski definition) is 3. The molecular formula is C20H25N3O4. The first-order chi connectivity index (χ1) is 12.8. The van der Waals surface area contributed by atoms with Gasteiger partial charge < -0.3 is 20.1 Å². The maximum atomic E-state index is 13.0. The number of nitrogens with one attached hydrogen (secondary N) is 2. The Morgan fingerprint density at radius 1 is 1.33 bits per heavy atom. The molecule has 1 atom stereocenters. The summed E-state index contributed by atoms with van der Waals surface area (Å²) in [6.07, 6.45) is 2.61. The van der Waals surface area contributed by atoms with Crippen LogP contribution >= 0.6 is 0 Å². The number of hydrogen-bond acceptors (Lipinski definition) is 5. The van der Waals surface area contributed by atoms with Crippen LogP contribution in [-0.4, -0.2) is 40.0 Å². The average molecular weight is 371 g/mol. The number of H-pyrrole nitrogens is 1. The number of aromatic nitrogens is 2. The molecule has 7 heteroatoms. The van der Waals surface area contributed by atoms with E-state index in [-0.39, 0.29) is 29.8 Å². The third kappa shape index (κ3) is 3.73. The average Bonchev–Trinajstić information content (AvgIpc) is 2.92. The Bertz CT molecular complexity index is 851. The van der Waals surface area contributed by atoms with E-state index in [4.69, 9.17) is 4.74 Å². The SMILES string of the molecule is COc1ccc([C@H](NC(=O)c2c(C)[nH]c(C(C)=O)c2C)C2CC(O)C2)cn1. The smallest absolute Gasteiger partial charge is 0.253 e. The number of methoxy groups -OCH3 is 1. The Morgan fingerprint density at radius 3 is 2.52 bits per heavy atom. The van der Waals surface area contributed by atoms with E-state index in [9.17, 15) is 14.7 Å². The normalized spacial score (nSPS) is 19.9. The number of carbonyl (C=O) groups excluding carboxylic acids is 2. The molecule has 0 aromatic carbocycles. The Morgan fingerprint density at radius 2 is 2.04 bits per heavy atom. The predicted molar refractivity (Wildman–Crippen MR) is 100.0 cm³/mol. The number of aryl methyl sites for hydroxylation is 1. The number of ketones is 1. The van der Waals surface area contributed by atoms with Gasteiger partial charge in [-0.1, -0.05) is 6.07 Å². The van der Waals surface area contributed by atoms with Crippen LogP contribution < -0.4 is 10.1 Å². The van der Waals surface area contributed by atoms with Crippen LogP contribution in [0.3, 0.4) is 0 Å². The molecule has 144 valence electrons. The zero-order valence-electron chi connectivity index (χ0n) is 16.0. The summed E-state index contributed by atoms with van der Waals surface area (Å²) in [6, 6.07) is 3.36. The number of aliphatic hydroxyl groups is 1. The van der Waals surface area contributed by atoms with Gasteiger partial charge in [0, 0.05) is 24.9 Å². The van der Waals surface area contributed by atoms with Gasteiger partial charge in [0.25, 0.3) is 5.91 Å². The molecule has 0 unspecified atom stereocenters. The maximum Gasteiger partial charge on any atom is 0.253 e. The molecule has 3 N–H and O–H groups in total. The summed E-state index contributed by atoms with van der Waals surface area (Å²) in [5.41, 5.74) is 3.12. The predicted octanol–water partition coefficient (Wildman–Crippen LogP) is 2.48. The van der Waals surface area contributed by atoms with E-state index in [0.29, 0.717) is 41.2 Å². The fourth-order valence-corrected chi connectivity index (χ4v) is 3.73. The first kappa shape index (κ1) is 19.1. The summed E-state index contributed by atoms with van der Waals surface area (Å²) in [4.78, 5) is 32.0. The number of carbonyl (C=O) groups is 2. The van der Waals surface area contributed by atoms with E-state index in [1.165, 1.54) is 6.92 Å². The van der Waals surface area contributed by atoms with Crippen LogP contribution in [0.4, 0.5) is 0 Å². The van der Waals surface area contributed by atoms with Crippen LogP contribution in [0.1, 0.15) is 63.5 Å². The molecule has 0 aliphatic heterocycles. The lowest BCUT2D eigenvalue weighted by atomic mass is 9.75. The second kappa shape index (κ2) is 7.52. The number of aromatic amines is 1. The van der Waals surface area contributed by atoms with Gasteiger partial charge in [-0.05, 0) is 43.7 Å². The van der Waals surface area contributed by atoms with Gasteiger partial charge in [-0.2, -0.15) is 0 Å². The minimum absolute atomic E-state index is 0.104. The Hall–Kier alpha value is -2.67. The fourth-order valence-electron chi connectivity index (χ4n) is 3.73. The third-order valence-corrected chi connectivity index (χ3v) is 5.25.